The van der Waals surface area contributed by atoms with Crippen molar-refractivity contribution in [2.75, 3.05) is 44.4 Å². The highest BCUT2D eigenvalue weighted by Gasteiger charge is 2.26. The molecule has 1 aliphatic rings. The van der Waals surface area contributed by atoms with Crippen molar-refractivity contribution in [3.63, 3.8) is 0 Å². The molecular weight excluding hydrogens is 256 g/mol. The molecule has 1 saturated heterocycles. The van der Waals surface area contributed by atoms with E-state index in [4.69, 9.17) is 5.73 Å². The van der Waals surface area contributed by atoms with Crippen molar-refractivity contribution in [3.8, 4) is 6.07 Å². The number of rotatable bonds is 3. The van der Waals surface area contributed by atoms with Crippen LogP contribution in [0.1, 0.15) is 5.56 Å². The SMILES string of the molecule is CSc1cccc(N2CCN(C)CC2CN)c1C#N. The van der Waals surface area contributed by atoms with Crippen molar-refractivity contribution in [2.24, 2.45) is 5.73 Å². The second-order valence-corrected chi connectivity index (χ2v) is 5.66. The molecule has 1 atom stereocenters. The van der Waals surface area contributed by atoms with E-state index in [1.54, 1.807) is 11.8 Å². The summed E-state index contributed by atoms with van der Waals surface area (Å²) in [7, 11) is 2.11. The molecule has 19 heavy (non-hydrogen) atoms. The number of nitriles is 1. The third-order valence-electron chi connectivity index (χ3n) is 3.60. The quantitative estimate of drug-likeness (QED) is 0.845. The summed E-state index contributed by atoms with van der Waals surface area (Å²) in [6.45, 7) is 3.49. The largest absolute Gasteiger partial charge is 0.364 e. The van der Waals surface area contributed by atoms with Gasteiger partial charge in [0.25, 0.3) is 0 Å². The number of benzene rings is 1. The third kappa shape index (κ3) is 2.86. The molecule has 5 heteroatoms. The molecule has 4 nitrogen and oxygen atoms in total. The van der Waals surface area contributed by atoms with Crippen LogP contribution in [0, 0.1) is 11.3 Å². The Labute approximate surface area is 119 Å². The van der Waals surface area contributed by atoms with E-state index in [1.807, 2.05) is 24.5 Å². The van der Waals surface area contributed by atoms with Gasteiger partial charge in [-0.2, -0.15) is 5.26 Å². The van der Waals surface area contributed by atoms with E-state index < -0.39 is 0 Å². The summed E-state index contributed by atoms with van der Waals surface area (Å²) in [5, 5.41) is 9.44. The van der Waals surface area contributed by atoms with Crippen LogP contribution in [0.4, 0.5) is 5.69 Å². The molecule has 1 aromatic rings. The van der Waals surface area contributed by atoms with Crippen LogP contribution in [0.2, 0.25) is 0 Å². The van der Waals surface area contributed by atoms with Crippen LogP contribution in [-0.2, 0) is 0 Å². The van der Waals surface area contributed by atoms with Crippen LogP contribution in [-0.4, -0.2) is 50.4 Å². The molecule has 2 rings (SSSR count). The fourth-order valence-corrected chi connectivity index (χ4v) is 3.14. The summed E-state index contributed by atoms with van der Waals surface area (Å²) in [4.78, 5) is 5.62. The van der Waals surface area contributed by atoms with Gasteiger partial charge >= 0.3 is 0 Å². The summed E-state index contributed by atoms with van der Waals surface area (Å²) in [6, 6.07) is 8.69. The van der Waals surface area contributed by atoms with Crippen molar-refractivity contribution in [2.45, 2.75) is 10.9 Å². The monoisotopic (exact) mass is 276 g/mol. The summed E-state index contributed by atoms with van der Waals surface area (Å²) >= 11 is 1.62. The molecule has 0 bridgehead atoms. The maximum atomic E-state index is 9.44. The average molecular weight is 276 g/mol. The van der Waals surface area contributed by atoms with Gasteiger partial charge in [-0.15, -0.1) is 11.8 Å². The molecule has 1 fully saturated rings. The van der Waals surface area contributed by atoms with Gasteiger partial charge in [0.1, 0.15) is 6.07 Å². The van der Waals surface area contributed by atoms with Crippen LogP contribution in [0.3, 0.4) is 0 Å². The van der Waals surface area contributed by atoms with Gasteiger partial charge in [0.15, 0.2) is 0 Å². The predicted molar refractivity (Wildman–Crippen MR) is 80.6 cm³/mol. The van der Waals surface area contributed by atoms with E-state index in [9.17, 15) is 5.26 Å². The van der Waals surface area contributed by atoms with Crippen LogP contribution in [0.25, 0.3) is 0 Å². The highest BCUT2D eigenvalue weighted by molar-refractivity contribution is 7.98. The zero-order valence-corrected chi connectivity index (χ0v) is 12.3. The lowest BCUT2D eigenvalue weighted by Gasteiger charge is -2.41. The van der Waals surface area contributed by atoms with Gasteiger partial charge < -0.3 is 15.5 Å². The topological polar surface area (TPSA) is 56.3 Å². The minimum atomic E-state index is 0.281. The summed E-state index contributed by atoms with van der Waals surface area (Å²) in [6.07, 6.45) is 2.00. The zero-order valence-electron chi connectivity index (χ0n) is 11.5. The van der Waals surface area contributed by atoms with Crippen molar-refractivity contribution < 1.29 is 0 Å². The predicted octanol–water partition coefficient (Wildman–Crippen LogP) is 1.36. The first kappa shape index (κ1) is 14.2. The lowest BCUT2D eigenvalue weighted by atomic mass is 10.1. The van der Waals surface area contributed by atoms with Gasteiger partial charge in [-0.1, -0.05) is 6.07 Å². The fourth-order valence-electron chi connectivity index (χ4n) is 2.57. The van der Waals surface area contributed by atoms with Crippen molar-refractivity contribution in [3.05, 3.63) is 23.8 Å². The standard InChI is InChI=1S/C14H20N4S/c1-17-6-7-18(11(8-15)10-17)13-4-3-5-14(19-2)12(13)9-16/h3-5,11H,6-8,10,15H2,1-2H3. The normalized spacial score (nSPS) is 20.3. The van der Waals surface area contributed by atoms with E-state index >= 15 is 0 Å². The Bertz CT molecular complexity index is 483. The number of hydrogen-bond donors (Lipinski definition) is 1. The third-order valence-corrected chi connectivity index (χ3v) is 4.38. The molecular formula is C14H20N4S. The molecule has 1 heterocycles. The molecule has 0 amide bonds. The number of nitrogens with zero attached hydrogens (tertiary/aromatic N) is 3. The van der Waals surface area contributed by atoms with Gasteiger partial charge in [0, 0.05) is 31.1 Å². The molecule has 1 unspecified atom stereocenters. The zero-order chi connectivity index (χ0) is 13.8. The smallest absolute Gasteiger partial charge is 0.103 e. The molecule has 1 aliphatic heterocycles. The minimum Gasteiger partial charge on any atom is -0.364 e. The van der Waals surface area contributed by atoms with E-state index in [-0.39, 0.29) is 6.04 Å². The van der Waals surface area contributed by atoms with Crippen LogP contribution < -0.4 is 10.6 Å². The number of anilines is 1. The molecule has 0 aliphatic carbocycles. The molecule has 0 radical (unpaired) electrons. The second kappa shape index (κ2) is 6.29. The molecule has 2 N–H and O–H groups in total. The average Bonchev–Trinajstić information content (AvgIpc) is 2.46. The fraction of sp³-hybridized carbons (Fsp3) is 0.500. The molecule has 1 aromatic carbocycles. The molecule has 102 valence electrons. The highest BCUT2D eigenvalue weighted by Crippen LogP contribution is 2.30. The lowest BCUT2D eigenvalue weighted by Crippen LogP contribution is -2.55. The number of thioether (sulfide) groups is 1. The Kier molecular flexibility index (Phi) is 4.70. The van der Waals surface area contributed by atoms with Gasteiger partial charge in [0.05, 0.1) is 17.3 Å². The van der Waals surface area contributed by atoms with Crippen molar-refractivity contribution in [1.29, 1.82) is 5.26 Å². The van der Waals surface area contributed by atoms with E-state index in [2.05, 4.69) is 22.9 Å². The first-order valence-corrected chi connectivity index (χ1v) is 7.66. The first-order chi connectivity index (χ1) is 9.21. The highest BCUT2D eigenvalue weighted by atomic mass is 32.2. The van der Waals surface area contributed by atoms with Gasteiger partial charge in [-0.25, -0.2) is 0 Å². The summed E-state index contributed by atoms with van der Waals surface area (Å²) in [5.41, 5.74) is 7.70. The van der Waals surface area contributed by atoms with Crippen LogP contribution >= 0.6 is 11.8 Å². The number of piperazine rings is 1. The van der Waals surface area contributed by atoms with E-state index in [1.165, 1.54) is 0 Å². The Balaban J connectivity index is 2.38. The number of likely N-dealkylation sites (N-methyl/N-ethyl adjacent to an activating group) is 1. The maximum Gasteiger partial charge on any atom is 0.103 e. The van der Waals surface area contributed by atoms with Crippen LogP contribution in [0.5, 0.6) is 0 Å². The van der Waals surface area contributed by atoms with Crippen molar-refractivity contribution in [1.82, 2.24) is 4.90 Å². The summed E-state index contributed by atoms with van der Waals surface area (Å²) < 4.78 is 0. The Morgan fingerprint density at radius 1 is 1.47 bits per heavy atom. The maximum absolute atomic E-state index is 9.44. The molecule has 0 saturated carbocycles. The van der Waals surface area contributed by atoms with Crippen LogP contribution in [0.15, 0.2) is 23.1 Å². The second-order valence-electron chi connectivity index (χ2n) is 4.81. The number of hydrogen-bond acceptors (Lipinski definition) is 5. The Morgan fingerprint density at radius 2 is 2.26 bits per heavy atom. The van der Waals surface area contributed by atoms with Gasteiger partial charge in [-0.05, 0) is 25.4 Å². The minimum absolute atomic E-state index is 0.281. The van der Waals surface area contributed by atoms with Gasteiger partial charge in [0.2, 0.25) is 0 Å². The summed E-state index contributed by atoms with van der Waals surface area (Å²) in [5.74, 6) is 0. The van der Waals surface area contributed by atoms with E-state index in [0.29, 0.717) is 6.54 Å². The molecule has 0 aromatic heterocycles. The van der Waals surface area contributed by atoms with E-state index in [0.717, 1.165) is 35.8 Å². The molecule has 0 spiro atoms. The van der Waals surface area contributed by atoms with Gasteiger partial charge in [-0.3, -0.25) is 0 Å². The Morgan fingerprint density at radius 3 is 2.89 bits per heavy atom. The lowest BCUT2D eigenvalue weighted by molar-refractivity contribution is 0.269. The first-order valence-electron chi connectivity index (χ1n) is 6.43. The number of nitrogens with two attached hydrogens (primary N) is 1. The Hall–Kier alpha value is -1.22. The van der Waals surface area contributed by atoms with Crippen molar-refractivity contribution >= 4 is 17.4 Å².